The molecule has 324 valence electrons. The lowest BCUT2D eigenvalue weighted by Crippen LogP contribution is -2.50. The predicted molar refractivity (Wildman–Crippen MR) is 230 cm³/mol. The highest BCUT2D eigenvalue weighted by atomic mass is 16.6. The molecule has 62 heavy (non-hydrogen) atoms. The third-order valence-corrected chi connectivity index (χ3v) is 11.4. The van der Waals surface area contributed by atoms with E-state index < -0.39 is 42.0 Å². The smallest absolute Gasteiger partial charge is 0.410 e. The number of ether oxygens (including phenoxy) is 6. The number of rotatable bonds is 20. The highest BCUT2D eigenvalue weighted by Gasteiger charge is 2.43. The van der Waals surface area contributed by atoms with Crippen LogP contribution in [0.4, 0.5) is 4.79 Å². The fourth-order valence-corrected chi connectivity index (χ4v) is 8.40. The lowest BCUT2D eigenvalue weighted by Gasteiger charge is -2.36. The van der Waals surface area contributed by atoms with Gasteiger partial charge in [0.25, 0.3) is 0 Å². The van der Waals surface area contributed by atoms with E-state index in [4.69, 9.17) is 33.5 Å². The first-order valence-electron chi connectivity index (χ1n) is 20.7. The van der Waals surface area contributed by atoms with Crippen molar-refractivity contribution >= 4 is 18.0 Å². The van der Waals surface area contributed by atoms with Gasteiger partial charge in [0, 0.05) is 18.9 Å². The maximum Gasteiger partial charge on any atom is 0.410 e. The van der Waals surface area contributed by atoms with Crippen LogP contribution in [0.1, 0.15) is 53.0 Å². The molecule has 3 atom stereocenters. The molecule has 5 aromatic carbocycles. The lowest BCUT2D eigenvalue weighted by atomic mass is 9.80. The number of aliphatic hydroxyl groups is 1. The van der Waals surface area contributed by atoms with Gasteiger partial charge in [-0.15, -0.1) is 0 Å². The number of fused-ring (bicyclic) bond motifs is 3. The van der Waals surface area contributed by atoms with Crippen LogP contribution in [0.15, 0.2) is 127 Å². The Balaban J connectivity index is 0.980. The van der Waals surface area contributed by atoms with Crippen molar-refractivity contribution in [3.8, 4) is 22.6 Å². The fourth-order valence-electron chi connectivity index (χ4n) is 8.40. The summed E-state index contributed by atoms with van der Waals surface area (Å²) in [7, 11) is 3.25. The molecule has 7 rings (SSSR count). The number of aliphatic carboxylic acids is 1. The van der Waals surface area contributed by atoms with Crippen LogP contribution >= 0.6 is 0 Å². The first-order chi connectivity index (χ1) is 30.2. The molecule has 1 fully saturated rings. The fraction of sp³-hybridized carbons (Fsp3) is 0.327. The molecule has 13 heteroatoms. The maximum absolute atomic E-state index is 13.8. The minimum atomic E-state index is -1.23. The summed E-state index contributed by atoms with van der Waals surface area (Å²) in [5, 5.41) is 23.5. The van der Waals surface area contributed by atoms with Crippen molar-refractivity contribution in [3.63, 3.8) is 0 Å². The van der Waals surface area contributed by atoms with Crippen LogP contribution in [0.2, 0.25) is 0 Å². The van der Waals surface area contributed by atoms with E-state index in [9.17, 15) is 19.5 Å². The number of amides is 1. The van der Waals surface area contributed by atoms with Gasteiger partial charge < -0.3 is 38.6 Å². The zero-order chi connectivity index (χ0) is 43.5. The van der Waals surface area contributed by atoms with E-state index in [1.807, 2.05) is 115 Å². The molecule has 0 radical (unpaired) electrons. The normalized spacial score (nSPS) is 16.3. The number of carbonyl (C=O) groups is 3. The van der Waals surface area contributed by atoms with Gasteiger partial charge in [0.2, 0.25) is 0 Å². The Bertz CT molecular complexity index is 2180. The van der Waals surface area contributed by atoms with E-state index in [0.717, 1.165) is 50.4 Å². The standard InChI is InChI=1S/C49H52N2O11/c1-57-36-20-16-34(17-21-36)49(33-10-4-3-5-11-33,35-18-22-37(58-2)23-19-35)61-29-28-59-27-26-50-47(55)44-30-38(62-46(54)25-24-45(52)53)31-51(44)48(56)60-32-43-41-14-8-6-12-39(41)40-13-7-9-15-42(40)43/h3-23,38,43-44,47,50,55H,24-32H2,1-2H3,(H,52,53)/t38-,44+,47?/m1/s1. The van der Waals surface area contributed by atoms with Crippen LogP contribution < -0.4 is 14.8 Å². The molecular weight excluding hydrogens is 793 g/mol. The van der Waals surface area contributed by atoms with Gasteiger partial charge in [-0.25, -0.2) is 4.79 Å². The molecule has 1 saturated heterocycles. The second-order valence-electron chi connectivity index (χ2n) is 15.1. The van der Waals surface area contributed by atoms with Crippen molar-refractivity contribution in [3.05, 3.63) is 155 Å². The topological polar surface area (TPSA) is 162 Å². The lowest BCUT2D eigenvalue weighted by molar-refractivity contribution is -0.151. The summed E-state index contributed by atoms with van der Waals surface area (Å²) in [5.74, 6) is -0.556. The number of hydrogen-bond acceptors (Lipinski definition) is 11. The van der Waals surface area contributed by atoms with Crippen LogP contribution in [0, 0.1) is 0 Å². The minimum absolute atomic E-state index is 0.0295. The summed E-state index contributed by atoms with van der Waals surface area (Å²) in [5.41, 5.74) is 6.00. The Morgan fingerprint density at radius 2 is 1.29 bits per heavy atom. The third kappa shape index (κ3) is 9.93. The number of carboxylic acid groups (broad SMARTS) is 1. The number of methoxy groups -OCH3 is 2. The monoisotopic (exact) mass is 844 g/mol. The van der Waals surface area contributed by atoms with Crippen LogP contribution in [0.25, 0.3) is 11.1 Å². The summed E-state index contributed by atoms with van der Waals surface area (Å²) in [6.07, 6.45) is -3.23. The highest BCUT2D eigenvalue weighted by molar-refractivity contribution is 5.79. The molecule has 1 heterocycles. The van der Waals surface area contributed by atoms with Gasteiger partial charge in [-0.2, -0.15) is 0 Å². The molecule has 0 bridgehead atoms. The van der Waals surface area contributed by atoms with E-state index >= 15 is 0 Å². The first-order valence-corrected chi connectivity index (χ1v) is 20.7. The molecular formula is C49H52N2O11. The number of carbonyl (C=O) groups excluding carboxylic acids is 2. The summed E-state index contributed by atoms with van der Waals surface area (Å²) in [6, 6.07) is 40.7. The number of carboxylic acids is 1. The molecule has 1 unspecified atom stereocenters. The predicted octanol–water partition coefficient (Wildman–Crippen LogP) is 6.74. The summed E-state index contributed by atoms with van der Waals surface area (Å²) >= 11 is 0. The number of aliphatic hydroxyl groups excluding tert-OH is 1. The number of nitrogens with zero attached hydrogens (tertiary/aromatic N) is 1. The van der Waals surface area contributed by atoms with Crippen molar-refractivity contribution in [1.82, 2.24) is 10.2 Å². The summed E-state index contributed by atoms with van der Waals surface area (Å²) < 4.78 is 35.3. The Hall–Kier alpha value is -6.25. The molecule has 5 aromatic rings. The third-order valence-electron chi connectivity index (χ3n) is 11.4. The van der Waals surface area contributed by atoms with Crippen molar-refractivity contribution in [2.75, 3.05) is 53.7 Å². The van der Waals surface area contributed by atoms with Crippen LogP contribution in [0.3, 0.4) is 0 Å². The minimum Gasteiger partial charge on any atom is -0.497 e. The first kappa shape index (κ1) is 43.8. The largest absolute Gasteiger partial charge is 0.497 e. The van der Waals surface area contributed by atoms with E-state index in [2.05, 4.69) is 17.4 Å². The Kier molecular flexibility index (Phi) is 14.5. The van der Waals surface area contributed by atoms with Gasteiger partial charge >= 0.3 is 18.0 Å². The highest BCUT2D eigenvalue weighted by Crippen LogP contribution is 2.45. The molecule has 1 amide bonds. The van der Waals surface area contributed by atoms with Gasteiger partial charge in [-0.05, 0) is 63.2 Å². The molecule has 1 aliphatic carbocycles. The van der Waals surface area contributed by atoms with Gasteiger partial charge in [0.15, 0.2) is 0 Å². The van der Waals surface area contributed by atoms with Crippen molar-refractivity contribution in [1.29, 1.82) is 0 Å². The molecule has 3 N–H and O–H groups in total. The SMILES string of the molecule is COc1ccc(C(OCCOCCNC(O)[C@@H]2C[C@@H](OC(=O)CCC(=O)O)CN2C(=O)OCC2c3ccccc3-c3ccccc32)(c2ccccc2)c2ccc(OC)cc2)cc1. The number of esters is 1. The number of likely N-dealkylation sites (tertiary alicyclic amines) is 1. The Labute approximate surface area is 361 Å². The van der Waals surface area contributed by atoms with E-state index in [0.29, 0.717) is 0 Å². The van der Waals surface area contributed by atoms with Gasteiger partial charge in [-0.3, -0.25) is 19.8 Å². The molecule has 2 aliphatic rings. The van der Waals surface area contributed by atoms with Gasteiger partial charge in [-0.1, -0.05) is 103 Å². The Morgan fingerprint density at radius 3 is 1.87 bits per heavy atom. The van der Waals surface area contributed by atoms with Crippen LogP contribution in [0.5, 0.6) is 11.5 Å². The zero-order valence-corrected chi connectivity index (χ0v) is 34.8. The average Bonchev–Trinajstić information content (AvgIpc) is 3.88. The van der Waals surface area contributed by atoms with Gasteiger partial charge in [0.05, 0.1) is 59.5 Å². The molecule has 13 nitrogen and oxygen atoms in total. The van der Waals surface area contributed by atoms with Crippen LogP contribution in [-0.2, 0) is 34.1 Å². The molecule has 0 spiro atoms. The number of hydrogen-bond donors (Lipinski definition) is 3. The van der Waals surface area contributed by atoms with Crippen molar-refractivity contribution in [2.24, 2.45) is 0 Å². The van der Waals surface area contributed by atoms with E-state index in [1.165, 1.54) is 4.90 Å². The summed E-state index contributed by atoms with van der Waals surface area (Å²) in [6.45, 7) is 0.902. The van der Waals surface area contributed by atoms with Crippen molar-refractivity contribution in [2.45, 2.75) is 49.2 Å². The molecule has 1 aliphatic heterocycles. The maximum atomic E-state index is 13.8. The quantitative estimate of drug-likeness (QED) is 0.0328. The zero-order valence-electron chi connectivity index (χ0n) is 34.8. The average molecular weight is 845 g/mol. The molecule has 0 saturated carbocycles. The second kappa shape index (κ2) is 20.5. The van der Waals surface area contributed by atoms with Gasteiger partial charge in [0.1, 0.15) is 36.0 Å². The second-order valence-corrected chi connectivity index (χ2v) is 15.1. The van der Waals surface area contributed by atoms with E-state index in [-0.39, 0.29) is 64.7 Å². The van der Waals surface area contributed by atoms with Crippen LogP contribution in [-0.4, -0.2) is 105 Å². The van der Waals surface area contributed by atoms with Crippen molar-refractivity contribution < 1.29 is 53.0 Å². The number of nitrogens with one attached hydrogen (secondary N) is 1. The molecule has 0 aromatic heterocycles. The summed E-state index contributed by atoms with van der Waals surface area (Å²) in [4.78, 5) is 38.7. The van der Waals surface area contributed by atoms with E-state index in [1.54, 1.807) is 14.2 Å². The Morgan fingerprint density at radius 1 is 0.726 bits per heavy atom. The number of benzene rings is 5.